The van der Waals surface area contributed by atoms with E-state index >= 15 is 0 Å². The second-order valence-electron chi connectivity index (χ2n) is 30.1. The summed E-state index contributed by atoms with van der Waals surface area (Å²) >= 11 is 22.2. The van der Waals surface area contributed by atoms with E-state index in [9.17, 15) is 75.8 Å². The quantitative estimate of drug-likeness (QED) is 0.0785. The first-order valence-electron chi connectivity index (χ1n) is 38.2. The van der Waals surface area contributed by atoms with Gasteiger partial charge in [-0.15, -0.1) is 0 Å². The Labute approximate surface area is 718 Å². The van der Waals surface area contributed by atoms with Crippen molar-refractivity contribution in [3.8, 4) is 17.2 Å². The number of fused-ring (bicyclic) bond motifs is 6. The molecule has 0 radical (unpaired) electrons. The molecular weight excluding hydrogens is 1640 g/mol. The van der Waals surface area contributed by atoms with Crippen molar-refractivity contribution in [2.45, 2.75) is 180 Å². The molecule has 0 saturated carbocycles. The van der Waals surface area contributed by atoms with Crippen LogP contribution >= 0.6 is 46.4 Å². The van der Waals surface area contributed by atoms with Gasteiger partial charge in [-0.05, 0) is 113 Å². The summed E-state index contributed by atoms with van der Waals surface area (Å²) in [5.41, 5.74) is 0.808. The van der Waals surface area contributed by atoms with E-state index in [0.717, 1.165) is 30.4 Å². The molecule has 8 aromatic rings. The number of nitrogens with one attached hydrogen (secondary N) is 3. The summed E-state index contributed by atoms with van der Waals surface area (Å²) in [6.07, 6.45) is 3.52. The van der Waals surface area contributed by atoms with Crippen molar-refractivity contribution in [2.75, 3.05) is 13.1 Å². The van der Waals surface area contributed by atoms with Crippen LogP contribution in [0.5, 0.6) is 17.2 Å². The summed E-state index contributed by atoms with van der Waals surface area (Å²) in [4.78, 5) is 165. The number of hydrogen-bond acceptors (Lipinski definition) is 15. The van der Waals surface area contributed by atoms with Gasteiger partial charge in [0.15, 0.2) is 34.3 Å². The molecule has 26 nitrogen and oxygen atoms in total. The number of amides is 8. The fourth-order valence-corrected chi connectivity index (χ4v) is 18.6. The Morgan fingerprint density at radius 3 is 1.16 bits per heavy atom. The Bertz CT molecular complexity index is 5670. The number of rotatable bonds is 15. The molecule has 9 aliphatic rings. The van der Waals surface area contributed by atoms with Gasteiger partial charge in [0.05, 0.1) is 39.2 Å². The van der Waals surface area contributed by atoms with Gasteiger partial charge in [-0.2, -0.15) is 0 Å². The van der Waals surface area contributed by atoms with Crippen molar-refractivity contribution < 1.29 is 102 Å². The van der Waals surface area contributed by atoms with E-state index in [-0.39, 0.29) is 200 Å². The minimum Gasteiger partial charge on any atom is -1.00 e. The smallest absolute Gasteiger partial charge is 1.00 e. The number of carbonyl (C=O) groups is 9. The van der Waals surface area contributed by atoms with E-state index in [1.807, 2.05) is 90.9 Å². The maximum atomic E-state index is 14.5. The first-order chi connectivity index (χ1) is 55.9. The summed E-state index contributed by atoms with van der Waals surface area (Å²) in [5, 5.41) is 18.0. The molecule has 618 valence electrons. The second kappa shape index (κ2) is 35.9. The minimum absolute atomic E-state index is 0. The van der Waals surface area contributed by atoms with Gasteiger partial charge in [0.2, 0.25) is 33.3 Å². The van der Waals surface area contributed by atoms with Gasteiger partial charge in [-0.1, -0.05) is 132 Å². The van der Waals surface area contributed by atoms with E-state index in [1.165, 1.54) is 68.1 Å². The summed E-state index contributed by atoms with van der Waals surface area (Å²) in [6.45, 7) is 10.2. The molecule has 35 heteroatoms. The molecule has 9 atom stereocenters. The predicted molar refractivity (Wildman–Crippen MR) is 424 cm³/mol. The van der Waals surface area contributed by atoms with Crippen LogP contribution in [0, 0.1) is 17.5 Å². The van der Waals surface area contributed by atoms with E-state index in [1.54, 1.807) is 36.0 Å². The third-order valence-electron chi connectivity index (χ3n) is 23.0. The van der Waals surface area contributed by atoms with Crippen molar-refractivity contribution in [3.05, 3.63) is 257 Å². The molecule has 4 N–H and O–H groups in total. The first kappa shape index (κ1) is 87.9. The third kappa shape index (κ3) is 16.2. The molecule has 0 spiro atoms. The fourth-order valence-electron chi connectivity index (χ4n) is 18.0. The van der Waals surface area contributed by atoms with Crippen molar-refractivity contribution in [3.63, 3.8) is 0 Å². The number of halogens is 8. The summed E-state index contributed by atoms with van der Waals surface area (Å²) in [6, 6.07) is 30.7. The zero-order valence-corrected chi connectivity index (χ0v) is 69.3. The van der Waals surface area contributed by atoms with E-state index < -0.39 is 87.4 Å². The van der Waals surface area contributed by atoms with Gasteiger partial charge in [0, 0.05) is 105 Å². The van der Waals surface area contributed by atoms with Crippen LogP contribution in [0.3, 0.4) is 0 Å². The molecular formula is C84H80Cl5F3LiN11O15. The maximum Gasteiger partial charge on any atom is 1.00 e. The molecule has 6 unspecified atom stereocenters. The summed E-state index contributed by atoms with van der Waals surface area (Å²) < 4.78 is 60.4. The summed E-state index contributed by atoms with van der Waals surface area (Å²) in [5.74, 6) is -6.72. The van der Waals surface area contributed by atoms with Crippen LogP contribution in [-0.2, 0) is 66.5 Å². The fraction of sp³-hybridized carbons (Fsp3) is 0.357. The molecule has 17 rings (SSSR count). The average molecular weight is 1720 g/mol. The zero-order chi connectivity index (χ0) is 83.6. The van der Waals surface area contributed by atoms with Crippen LogP contribution in [0.15, 0.2) is 130 Å². The number of carbonyl (C=O) groups excluding carboxylic acids is 9. The largest absolute Gasteiger partial charge is 1.00 e. The molecule has 12 heterocycles. The van der Waals surface area contributed by atoms with Crippen LogP contribution < -0.4 is 73.0 Å². The van der Waals surface area contributed by atoms with Gasteiger partial charge in [0.25, 0.3) is 35.4 Å². The normalized spacial score (nSPS) is 20.6. The molecule has 0 bridgehead atoms. The van der Waals surface area contributed by atoms with Crippen LogP contribution in [0.25, 0.3) is 0 Å². The van der Waals surface area contributed by atoms with Crippen molar-refractivity contribution in [1.29, 1.82) is 0 Å². The number of benzene rings is 5. The molecule has 3 aromatic heterocycles. The molecule has 0 aliphatic carbocycles. The Morgan fingerprint density at radius 1 is 0.445 bits per heavy atom. The van der Waals surface area contributed by atoms with Crippen LogP contribution in [0.1, 0.15) is 199 Å². The molecule has 119 heavy (non-hydrogen) atoms. The topological polar surface area (TPSA) is 311 Å². The number of pyridine rings is 3. The van der Waals surface area contributed by atoms with Gasteiger partial charge in [-0.3, -0.25) is 57.5 Å². The third-order valence-corrected chi connectivity index (χ3v) is 23.9. The SMILES string of the molecule is CC(=O)Cl.CC(=O)N1C[C@H](C)N2C(=O)c3c(O)c(=O)c(C(=O)NCc4cccc(Cl)c4F)c4n3C(CC4)C12.CC(=O)N1C[C@H](C)N2C(=O)c3c(OCc4ccccc4)c(=O)c(C(=O)NCc4cccc(Cl)c4F)c4n3C(CC4)C12.C[C@H]1CCC2C3CCc4c(C(=O)NCc5cccc(Cl)c5F)c(=O)c(OCc5ccccc5)c(n43)C(=O)N21.[Cl-].[Li+]. The number of aromatic nitrogens is 3. The van der Waals surface area contributed by atoms with Crippen molar-refractivity contribution in [1.82, 2.24) is 54.2 Å². The van der Waals surface area contributed by atoms with Crippen molar-refractivity contribution >= 4 is 98.9 Å². The van der Waals surface area contributed by atoms with Gasteiger partial charge >= 0.3 is 18.9 Å². The number of hydrogen-bond donors (Lipinski definition) is 4. The minimum atomic E-state index is -0.951. The van der Waals surface area contributed by atoms with E-state index in [0.29, 0.717) is 62.3 Å². The molecule has 9 aliphatic heterocycles. The van der Waals surface area contributed by atoms with Crippen molar-refractivity contribution in [2.24, 2.45) is 0 Å². The molecule has 3 fully saturated rings. The van der Waals surface area contributed by atoms with Crippen LogP contribution in [-0.4, -0.2) is 145 Å². The van der Waals surface area contributed by atoms with Gasteiger partial charge in [0.1, 0.15) is 59.7 Å². The van der Waals surface area contributed by atoms with Gasteiger partial charge in [-0.25, -0.2) is 13.2 Å². The van der Waals surface area contributed by atoms with Gasteiger partial charge < -0.3 is 81.1 Å². The Hall–Kier alpha value is -10.4. The first-order valence-corrected chi connectivity index (χ1v) is 39.7. The maximum absolute atomic E-state index is 14.5. The molecule has 3 saturated heterocycles. The Morgan fingerprint density at radius 2 is 0.782 bits per heavy atom. The molecule has 5 aromatic carbocycles. The Balaban J connectivity index is 0.000000159. The van der Waals surface area contributed by atoms with Crippen LogP contribution in [0.4, 0.5) is 13.2 Å². The van der Waals surface area contributed by atoms with E-state index in [2.05, 4.69) is 27.6 Å². The summed E-state index contributed by atoms with van der Waals surface area (Å²) in [7, 11) is 0. The average Bonchev–Trinajstić information content (AvgIpc) is 1.57. The number of ether oxygens (including phenoxy) is 2. The predicted octanol–water partition coefficient (Wildman–Crippen LogP) is 4.89. The zero-order valence-electron chi connectivity index (χ0n) is 65.5. The van der Waals surface area contributed by atoms with E-state index in [4.69, 9.17) is 44.3 Å². The second-order valence-corrected chi connectivity index (χ2v) is 31.9. The van der Waals surface area contributed by atoms with Crippen LogP contribution in [0.2, 0.25) is 15.1 Å². The Kier molecular flexibility index (Phi) is 26.5. The molecule has 8 amide bonds. The monoisotopic (exact) mass is 1720 g/mol. The number of aromatic hydroxyl groups is 1. The standard InChI is InChI=1S/C30H28ClFN4O5.C29H27ClFN3O4.C23H22ClFN4O5.C2H3ClO.ClH.Li/c1-16-14-34(17(2)37)29-22-12-11-21-23(28(39)33-13-19-9-6-10-20(31)24(19)32)26(38)27(25(36(21)22)30(40)35(16)29)41-15-18-7-4-3-5-8-18;1-16-10-11-20-21-12-13-22-23(28(36)32-14-18-8-5-9-19(30)24(18)31)26(35)27(25(34(21)22)29(37)33(16)20)38-15-17-6-3-2-4-7-17;1-10-9-27(11(2)30)22-15-7-6-14-16(19(31)20(32)18(29(14)15)23(34)28(10)22)21(33)26-8-12-4-3-5-13(24)17(12)25;1-2(3)4;;/h3-10,16,22,29H,11-15H2,1-2H3,(H,33,39);2-9,16,20-21H,10-15H2,1H3,(H,32,36);3-5,10,15,22,32H,6-9H2,1-2H3,(H,26,33);1H3;1H;/q;;;;;+1/p-1/t16-,22?,29?;16-,20?,21?;10-,15?,22?;;;/m000.../s1. The number of nitrogens with zero attached hydrogens (tertiary/aromatic N) is 8.